The van der Waals surface area contributed by atoms with Crippen molar-refractivity contribution in [1.82, 2.24) is 4.90 Å². The zero-order valence-electron chi connectivity index (χ0n) is 19.5. The molecule has 147 valence electrons. The third-order valence-corrected chi connectivity index (χ3v) is 6.31. The summed E-state index contributed by atoms with van der Waals surface area (Å²) in [5.74, 6) is 0. The molecule has 0 aliphatic carbocycles. The van der Waals surface area contributed by atoms with Crippen molar-refractivity contribution in [3.05, 3.63) is 28.8 Å². The van der Waals surface area contributed by atoms with Crippen LogP contribution < -0.4 is 5.30 Å². The van der Waals surface area contributed by atoms with Gasteiger partial charge in [0.25, 0.3) is 5.58 Å². The Kier molecular flexibility index (Phi) is 6.79. The van der Waals surface area contributed by atoms with Gasteiger partial charge in [0, 0.05) is 5.30 Å². The van der Waals surface area contributed by atoms with Gasteiger partial charge >= 0.3 is 0 Å². The van der Waals surface area contributed by atoms with Crippen LogP contribution in [-0.2, 0) is 16.2 Å². The normalized spacial score (nSPS) is 13.4. The minimum atomic E-state index is 0.104. The Hall–Kier alpha value is -0.880. The van der Waals surface area contributed by atoms with Crippen LogP contribution >= 0.6 is 8.58 Å². The van der Waals surface area contributed by atoms with E-state index in [2.05, 4.69) is 112 Å². The van der Waals surface area contributed by atoms with Gasteiger partial charge in [0.15, 0.2) is 0 Å². The molecule has 0 unspecified atom stereocenters. The van der Waals surface area contributed by atoms with E-state index in [1.807, 2.05) is 0 Å². The summed E-state index contributed by atoms with van der Waals surface area (Å²) in [4.78, 5) is 2.23. The maximum atomic E-state index is 2.46. The van der Waals surface area contributed by atoms with Gasteiger partial charge in [0.2, 0.25) is 0 Å². The summed E-state index contributed by atoms with van der Waals surface area (Å²) >= 11 is 0. The van der Waals surface area contributed by atoms with Gasteiger partial charge in [-0.2, -0.15) is 0 Å². The first-order valence-corrected chi connectivity index (χ1v) is 10.5. The predicted octanol–water partition coefficient (Wildman–Crippen LogP) is 5.34. The molecule has 3 heteroatoms. The van der Waals surface area contributed by atoms with Crippen LogP contribution in [0.3, 0.4) is 0 Å². The first kappa shape index (κ1) is 23.2. The number of rotatable bonds is 2. The number of amidine groups is 1. The standard InChI is InChI=1S/C23H41N2P/c1-21(2,3)16-14-17(22(4,5)6)19(18(15-16)23(7,8)9)26-20(24(10)11)25(12)13/h14-15H,1-13H3/q+1. The topological polar surface area (TPSA) is 6.25 Å². The Morgan fingerprint density at radius 1 is 0.769 bits per heavy atom. The fourth-order valence-electron chi connectivity index (χ4n) is 3.03. The molecule has 2 nitrogen and oxygen atoms in total. The lowest BCUT2D eigenvalue weighted by molar-refractivity contribution is -0.466. The summed E-state index contributed by atoms with van der Waals surface area (Å²) in [6, 6.07) is 4.92. The zero-order chi connectivity index (χ0) is 20.7. The van der Waals surface area contributed by atoms with Crippen molar-refractivity contribution in [3.8, 4) is 0 Å². The smallest absolute Gasteiger partial charge is 0.267 e. The molecule has 0 saturated carbocycles. The summed E-state index contributed by atoms with van der Waals surface area (Å²) in [5, 5.41) is 1.47. The maximum Gasteiger partial charge on any atom is 0.275 e. The molecule has 0 aliphatic rings. The molecule has 0 amide bonds. The highest BCUT2D eigenvalue weighted by atomic mass is 31.1. The van der Waals surface area contributed by atoms with Crippen molar-refractivity contribution in [2.75, 3.05) is 28.2 Å². The third-order valence-electron chi connectivity index (χ3n) is 4.60. The van der Waals surface area contributed by atoms with Crippen LogP contribution in [0.1, 0.15) is 79.0 Å². The first-order valence-electron chi connectivity index (χ1n) is 9.59. The summed E-state index contributed by atoms with van der Waals surface area (Å²) < 4.78 is 2.23. The maximum absolute atomic E-state index is 2.46. The van der Waals surface area contributed by atoms with Gasteiger partial charge < -0.3 is 0 Å². The minimum Gasteiger partial charge on any atom is -0.267 e. The molecule has 1 radical (unpaired) electrons. The fraction of sp³-hybridized carbons (Fsp3) is 0.696. The molecule has 1 rings (SSSR count). The second kappa shape index (κ2) is 7.63. The molecule has 1 aromatic rings. The number of benzene rings is 1. The molecule has 0 atom stereocenters. The number of hydrogen-bond donors (Lipinski definition) is 0. The van der Waals surface area contributed by atoms with E-state index in [-0.39, 0.29) is 16.2 Å². The van der Waals surface area contributed by atoms with E-state index in [0.717, 1.165) is 0 Å². The molecule has 0 heterocycles. The van der Waals surface area contributed by atoms with Crippen LogP contribution in [0.25, 0.3) is 0 Å². The molecule has 0 bridgehead atoms. The van der Waals surface area contributed by atoms with E-state index in [9.17, 15) is 0 Å². The molecule has 0 saturated heterocycles. The highest BCUT2D eigenvalue weighted by Crippen LogP contribution is 2.37. The molecule has 26 heavy (non-hydrogen) atoms. The van der Waals surface area contributed by atoms with E-state index < -0.39 is 0 Å². The lowest BCUT2D eigenvalue weighted by Crippen LogP contribution is -2.34. The van der Waals surface area contributed by atoms with Crippen molar-refractivity contribution < 1.29 is 4.58 Å². The quantitative estimate of drug-likeness (QED) is 0.292. The average molecular weight is 377 g/mol. The van der Waals surface area contributed by atoms with Crippen molar-refractivity contribution in [1.29, 1.82) is 0 Å². The molecule has 0 aromatic heterocycles. The van der Waals surface area contributed by atoms with E-state index in [1.54, 1.807) is 0 Å². The zero-order valence-corrected chi connectivity index (χ0v) is 20.4. The highest BCUT2D eigenvalue weighted by molar-refractivity contribution is 7.65. The van der Waals surface area contributed by atoms with E-state index in [1.165, 1.54) is 36.2 Å². The van der Waals surface area contributed by atoms with Crippen molar-refractivity contribution in [2.24, 2.45) is 0 Å². The second-order valence-corrected chi connectivity index (χ2v) is 11.9. The Labute approximate surface area is 164 Å². The summed E-state index contributed by atoms with van der Waals surface area (Å²) in [6.07, 6.45) is 0. The van der Waals surface area contributed by atoms with E-state index in [0.29, 0.717) is 0 Å². The molecular weight excluding hydrogens is 335 g/mol. The lowest BCUT2D eigenvalue weighted by Gasteiger charge is -2.33. The first-order chi connectivity index (χ1) is 11.5. The van der Waals surface area contributed by atoms with Gasteiger partial charge in [-0.1, -0.05) is 74.4 Å². The largest absolute Gasteiger partial charge is 0.275 e. The highest BCUT2D eigenvalue weighted by Gasteiger charge is 2.31. The average Bonchev–Trinajstić information content (AvgIpc) is 2.39. The van der Waals surface area contributed by atoms with Crippen molar-refractivity contribution in [2.45, 2.75) is 78.6 Å². The summed E-state index contributed by atoms with van der Waals surface area (Å²) in [6.45, 7) is 21.0. The molecule has 0 spiro atoms. The van der Waals surface area contributed by atoms with Crippen LogP contribution in [0.4, 0.5) is 0 Å². The molecule has 0 fully saturated rings. The second-order valence-electron chi connectivity index (χ2n) is 10.9. The molecule has 0 N–H and O–H groups in total. The van der Waals surface area contributed by atoms with Crippen LogP contribution in [0, 0.1) is 0 Å². The SMILES string of the molecule is CN(C)C([P]c1c(C(C)(C)C)cc(C(C)(C)C)cc1C(C)(C)C)=[N+](C)C. The third kappa shape index (κ3) is 5.56. The van der Waals surface area contributed by atoms with Gasteiger partial charge in [0.05, 0.1) is 36.8 Å². The monoisotopic (exact) mass is 376 g/mol. The Morgan fingerprint density at radius 3 is 1.38 bits per heavy atom. The molecule has 1 aromatic carbocycles. The Balaban J connectivity index is 3.89. The molecule has 0 aliphatic heterocycles. The van der Waals surface area contributed by atoms with Gasteiger partial charge in [-0.05, 0) is 32.9 Å². The minimum absolute atomic E-state index is 0.104. The van der Waals surface area contributed by atoms with Gasteiger partial charge in [-0.25, -0.2) is 0 Å². The van der Waals surface area contributed by atoms with Crippen molar-refractivity contribution >= 4 is 19.5 Å². The predicted molar refractivity (Wildman–Crippen MR) is 120 cm³/mol. The van der Waals surface area contributed by atoms with E-state index >= 15 is 0 Å². The Bertz CT molecular complexity index is 639. The van der Waals surface area contributed by atoms with Gasteiger partial charge in [-0.3, -0.25) is 9.48 Å². The summed E-state index contributed by atoms with van der Waals surface area (Å²) in [5.41, 5.74) is 6.04. The van der Waals surface area contributed by atoms with Crippen LogP contribution in [0.2, 0.25) is 0 Å². The Morgan fingerprint density at radius 2 is 1.15 bits per heavy atom. The van der Waals surface area contributed by atoms with Crippen LogP contribution in [-0.4, -0.2) is 43.2 Å². The fourth-order valence-corrected chi connectivity index (χ4v) is 4.67. The summed E-state index contributed by atoms with van der Waals surface area (Å²) in [7, 11) is 9.83. The van der Waals surface area contributed by atoms with Crippen molar-refractivity contribution in [3.63, 3.8) is 0 Å². The van der Waals surface area contributed by atoms with E-state index in [4.69, 9.17) is 0 Å². The number of nitrogens with zero attached hydrogens (tertiary/aromatic N) is 2. The number of hydrogen-bond acceptors (Lipinski definition) is 0. The van der Waals surface area contributed by atoms with Gasteiger partial charge in [-0.15, -0.1) is 0 Å². The lowest BCUT2D eigenvalue weighted by atomic mass is 9.75. The van der Waals surface area contributed by atoms with Gasteiger partial charge in [0.1, 0.15) is 0 Å². The molecular formula is C23H41N2P+. The van der Waals surface area contributed by atoms with Crippen LogP contribution in [0.15, 0.2) is 12.1 Å². The van der Waals surface area contributed by atoms with Crippen LogP contribution in [0.5, 0.6) is 0 Å².